The second kappa shape index (κ2) is 11.6. The van der Waals surface area contributed by atoms with E-state index in [1.165, 1.54) is 19.1 Å². The van der Waals surface area contributed by atoms with Crippen LogP contribution in [0.4, 0.5) is 47.7 Å². The lowest BCUT2D eigenvalue weighted by atomic mass is 10.2. The number of hydrogen-bond donors (Lipinski definition) is 3. The van der Waals surface area contributed by atoms with Gasteiger partial charge in [0.15, 0.2) is 0 Å². The van der Waals surface area contributed by atoms with Crippen molar-refractivity contribution in [2.24, 2.45) is 0 Å². The summed E-state index contributed by atoms with van der Waals surface area (Å²) in [6.07, 6.45) is -2.96. The molecule has 1 aromatic heterocycles. The third-order valence-corrected chi connectivity index (χ3v) is 6.27. The first-order valence-corrected chi connectivity index (χ1v) is 12.2. The molecule has 0 spiro atoms. The lowest BCUT2D eigenvalue weighted by molar-refractivity contribution is -0.137. The number of piperazine rings is 1. The van der Waals surface area contributed by atoms with Crippen molar-refractivity contribution in [1.29, 1.82) is 0 Å². The highest BCUT2D eigenvalue weighted by Crippen LogP contribution is 2.36. The largest absolute Gasteiger partial charge is 0.421 e. The summed E-state index contributed by atoms with van der Waals surface area (Å²) in [5.74, 6) is -1.02. The molecule has 9 nitrogen and oxygen atoms in total. The molecule has 204 valence electrons. The summed E-state index contributed by atoms with van der Waals surface area (Å²) in [6.45, 7) is 7.42. The fourth-order valence-corrected chi connectivity index (χ4v) is 4.17. The van der Waals surface area contributed by atoms with Gasteiger partial charge in [-0.1, -0.05) is 24.2 Å². The van der Waals surface area contributed by atoms with E-state index >= 15 is 0 Å². The van der Waals surface area contributed by atoms with Crippen molar-refractivity contribution in [3.63, 3.8) is 0 Å². The lowest BCUT2D eigenvalue weighted by Crippen LogP contribution is -2.48. The zero-order valence-electron chi connectivity index (χ0n) is 20.8. The third-order valence-electron chi connectivity index (χ3n) is 5.96. The summed E-state index contributed by atoms with van der Waals surface area (Å²) in [5.41, 5.74) is 0.815. The van der Waals surface area contributed by atoms with Gasteiger partial charge in [-0.05, 0) is 42.5 Å². The first-order valence-electron chi connectivity index (χ1n) is 11.9. The summed E-state index contributed by atoms with van der Waals surface area (Å²) in [4.78, 5) is 34.9. The van der Waals surface area contributed by atoms with Crippen LogP contribution in [-0.2, 0) is 15.8 Å². The molecule has 1 fully saturated rings. The van der Waals surface area contributed by atoms with Gasteiger partial charge in [-0.2, -0.15) is 18.2 Å². The smallest absolute Gasteiger partial charge is 0.368 e. The number of nitrogens with zero attached hydrogens (tertiary/aromatic N) is 4. The number of nitrogens with one attached hydrogen (secondary N) is 3. The molecule has 1 aliphatic rings. The van der Waals surface area contributed by atoms with E-state index in [2.05, 4.69) is 37.4 Å². The first-order chi connectivity index (χ1) is 18.5. The van der Waals surface area contributed by atoms with Crippen LogP contribution < -0.4 is 20.9 Å². The Morgan fingerprint density at radius 3 is 2.41 bits per heavy atom. The van der Waals surface area contributed by atoms with Crippen molar-refractivity contribution in [2.75, 3.05) is 47.0 Å². The minimum absolute atomic E-state index is 0.0322. The minimum atomic E-state index is -4.72. The molecular weight excluding hydrogens is 535 g/mol. The molecule has 2 heterocycles. The van der Waals surface area contributed by atoms with Crippen LogP contribution in [0.1, 0.15) is 12.5 Å². The van der Waals surface area contributed by atoms with Gasteiger partial charge in [0.05, 0.1) is 10.7 Å². The van der Waals surface area contributed by atoms with E-state index in [4.69, 9.17) is 11.6 Å². The average molecular weight is 560 g/mol. The number of anilines is 6. The number of carbonyl (C=O) groups is 2. The van der Waals surface area contributed by atoms with Crippen LogP contribution >= 0.6 is 11.6 Å². The molecule has 39 heavy (non-hydrogen) atoms. The van der Waals surface area contributed by atoms with E-state index < -0.39 is 23.5 Å². The fraction of sp³-hybridized carbons (Fsp3) is 0.231. The van der Waals surface area contributed by atoms with Crippen LogP contribution in [0.5, 0.6) is 0 Å². The predicted molar refractivity (Wildman–Crippen MR) is 145 cm³/mol. The van der Waals surface area contributed by atoms with Gasteiger partial charge < -0.3 is 25.8 Å². The highest BCUT2D eigenvalue weighted by molar-refractivity contribution is 6.33. The van der Waals surface area contributed by atoms with Crippen molar-refractivity contribution >= 4 is 57.9 Å². The SMILES string of the molecule is C=CC(=O)Nc1cccc(Nc2nc(Nc3ccc(N4CCN(C(C)=O)CC4)cc3Cl)ncc2C(F)(F)F)c1. The Balaban J connectivity index is 1.54. The maximum atomic E-state index is 13.7. The number of alkyl halides is 3. The summed E-state index contributed by atoms with van der Waals surface area (Å²) >= 11 is 6.48. The Bertz CT molecular complexity index is 1390. The number of amides is 2. The summed E-state index contributed by atoms with van der Waals surface area (Å²) in [7, 11) is 0. The second-order valence-corrected chi connectivity index (χ2v) is 9.04. The molecule has 2 amide bonds. The second-order valence-electron chi connectivity index (χ2n) is 8.64. The molecule has 0 saturated carbocycles. The minimum Gasteiger partial charge on any atom is -0.368 e. The summed E-state index contributed by atoms with van der Waals surface area (Å²) in [5, 5.41) is 8.41. The van der Waals surface area contributed by atoms with Crippen LogP contribution in [0.15, 0.2) is 61.3 Å². The number of aromatic nitrogens is 2. The maximum absolute atomic E-state index is 13.7. The predicted octanol–water partition coefficient (Wildman–Crippen LogP) is 5.43. The van der Waals surface area contributed by atoms with Crippen LogP contribution in [0.3, 0.4) is 0 Å². The summed E-state index contributed by atoms with van der Waals surface area (Å²) in [6, 6.07) is 11.4. The van der Waals surface area contributed by atoms with Crippen LogP contribution in [0.2, 0.25) is 5.02 Å². The van der Waals surface area contributed by atoms with E-state index in [9.17, 15) is 22.8 Å². The fourth-order valence-electron chi connectivity index (χ4n) is 3.95. The average Bonchev–Trinajstić information content (AvgIpc) is 2.89. The molecular formula is C26H25ClF3N7O2. The van der Waals surface area contributed by atoms with E-state index in [1.54, 1.807) is 29.2 Å². The zero-order chi connectivity index (χ0) is 28.2. The van der Waals surface area contributed by atoms with E-state index in [0.717, 1.165) is 11.8 Å². The topological polar surface area (TPSA) is 102 Å². The van der Waals surface area contributed by atoms with Gasteiger partial charge in [0.1, 0.15) is 11.4 Å². The Hall–Kier alpha value is -4.32. The molecule has 0 aliphatic carbocycles. The van der Waals surface area contributed by atoms with Gasteiger partial charge in [0, 0.05) is 56.4 Å². The molecule has 0 radical (unpaired) electrons. The van der Waals surface area contributed by atoms with Crippen molar-refractivity contribution in [3.8, 4) is 0 Å². The first kappa shape index (κ1) is 27.7. The van der Waals surface area contributed by atoms with Crippen LogP contribution in [0, 0.1) is 0 Å². The molecule has 4 rings (SSSR count). The Kier molecular flexibility index (Phi) is 8.24. The standard InChI is InChI=1S/C26H25ClF3N7O2/c1-3-23(39)32-17-5-4-6-18(13-17)33-24-20(26(28,29)30)15-31-25(35-24)34-22-8-7-19(14-21(22)27)37-11-9-36(10-12-37)16(2)38/h3-8,13-15H,1,9-12H2,2H3,(H,32,39)(H2,31,33,34,35). The van der Waals surface area contributed by atoms with Gasteiger partial charge in [-0.15, -0.1) is 0 Å². The van der Waals surface area contributed by atoms with Crippen molar-refractivity contribution in [1.82, 2.24) is 14.9 Å². The molecule has 1 aliphatic heterocycles. The Morgan fingerprint density at radius 2 is 1.77 bits per heavy atom. The lowest BCUT2D eigenvalue weighted by Gasteiger charge is -2.35. The normalized spacial score (nSPS) is 13.6. The van der Waals surface area contributed by atoms with Gasteiger partial charge in [-0.25, -0.2) is 4.98 Å². The summed E-state index contributed by atoms with van der Waals surface area (Å²) < 4.78 is 41.1. The van der Waals surface area contributed by atoms with Gasteiger partial charge in [0.2, 0.25) is 17.8 Å². The Morgan fingerprint density at radius 1 is 1.05 bits per heavy atom. The highest BCUT2D eigenvalue weighted by Gasteiger charge is 2.35. The monoisotopic (exact) mass is 559 g/mol. The number of hydrogen-bond acceptors (Lipinski definition) is 7. The van der Waals surface area contributed by atoms with Crippen molar-refractivity contribution < 1.29 is 22.8 Å². The number of benzene rings is 2. The molecule has 2 aromatic carbocycles. The van der Waals surface area contributed by atoms with Gasteiger partial charge in [-0.3, -0.25) is 9.59 Å². The molecule has 0 bridgehead atoms. The zero-order valence-corrected chi connectivity index (χ0v) is 21.6. The maximum Gasteiger partial charge on any atom is 0.421 e. The molecule has 13 heteroatoms. The highest BCUT2D eigenvalue weighted by atomic mass is 35.5. The molecule has 3 N–H and O–H groups in total. The van der Waals surface area contributed by atoms with Gasteiger partial charge >= 0.3 is 6.18 Å². The third kappa shape index (κ3) is 6.96. The van der Waals surface area contributed by atoms with E-state index in [0.29, 0.717) is 48.8 Å². The van der Waals surface area contributed by atoms with Crippen molar-refractivity contribution in [3.05, 3.63) is 71.9 Å². The number of halogens is 4. The molecule has 3 aromatic rings. The van der Waals surface area contributed by atoms with E-state index in [1.807, 2.05) is 6.07 Å². The molecule has 0 unspecified atom stereocenters. The van der Waals surface area contributed by atoms with Crippen molar-refractivity contribution in [2.45, 2.75) is 13.1 Å². The quantitative estimate of drug-likeness (QED) is 0.332. The van der Waals surface area contributed by atoms with Crippen LogP contribution in [-0.4, -0.2) is 52.9 Å². The Labute approximate surface area is 227 Å². The molecule has 0 atom stereocenters. The molecule has 1 saturated heterocycles. The van der Waals surface area contributed by atoms with Gasteiger partial charge in [0.25, 0.3) is 0 Å². The number of rotatable bonds is 7. The number of carbonyl (C=O) groups excluding carboxylic acids is 2. The van der Waals surface area contributed by atoms with E-state index in [-0.39, 0.29) is 17.5 Å². The van der Waals surface area contributed by atoms with Crippen LogP contribution in [0.25, 0.3) is 0 Å².